The van der Waals surface area contributed by atoms with Crippen LogP contribution in [0.3, 0.4) is 0 Å². The summed E-state index contributed by atoms with van der Waals surface area (Å²) in [6, 6.07) is 6.24. The third-order valence-corrected chi connectivity index (χ3v) is 6.63. The molecule has 0 unspecified atom stereocenters. The van der Waals surface area contributed by atoms with Crippen LogP contribution in [0.5, 0.6) is 0 Å². The van der Waals surface area contributed by atoms with E-state index >= 15 is 0 Å². The standard InChI is InChI=1S/C22H26N4O4S/c1-5-13-26(15-21(27)30-6-2)31(28,29)18-9-7-17(8-10-18)14-20-22-19(11-12-23-20)24-16(3)25(22)4/h5,7-12H,1,6,13-15H2,2-4H3/i9D. The van der Waals surface area contributed by atoms with Crippen molar-refractivity contribution in [3.8, 4) is 0 Å². The molecule has 0 saturated carbocycles. The van der Waals surface area contributed by atoms with Crippen molar-refractivity contribution in [1.82, 2.24) is 18.8 Å². The summed E-state index contributed by atoms with van der Waals surface area (Å²) in [7, 11) is -2.18. The van der Waals surface area contributed by atoms with E-state index in [0.29, 0.717) is 6.42 Å². The van der Waals surface area contributed by atoms with Crippen LogP contribution in [0.1, 0.15) is 25.4 Å². The van der Waals surface area contributed by atoms with Crippen LogP contribution in [0.2, 0.25) is 0 Å². The Kier molecular flexibility index (Phi) is 6.43. The van der Waals surface area contributed by atoms with E-state index in [1.807, 2.05) is 24.6 Å². The average Bonchev–Trinajstić information content (AvgIpc) is 3.02. The van der Waals surface area contributed by atoms with Crippen LogP contribution in [0, 0.1) is 6.92 Å². The molecule has 164 valence electrons. The van der Waals surface area contributed by atoms with Crippen LogP contribution < -0.4 is 0 Å². The molecule has 9 heteroatoms. The van der Waals surface area contributed by atoms with Crippen molar-refractivity contribution in [2.45, 2.75) is 25.2 Å². The van der Waals surface area contributed by atoms with E-state index in [1.165, 1.54) is 18.2 Å². The second-order valence-electron chi connectivity index (χ2n) is 6.97. The molecule has 3 rings (SSSR count). The minimum atomic E-state index is -4.09. The summed E-state index contributed by atoms with van der Waals surface area (Å²) in [5, 5.41) is 0. The number of ether oxygens (including phenoxy) is 1. The van der Waals surface area contributed by atoms with Crippen LogP contribution >= 0.6 is 0 Å². The molecule has 1 aromatic carbocycles. The maximum absolute atomic E-state index is 13.1. The summed E-state index contributed by atoms with van der Waals surface area (Å²) < 4.78 is 42.3. The summed E-state index contributed by atoms with van der Waals surface area (Å²) in [5.41, 5.74) is 3.27. The summed E-state index contributed by atoms with van der Waals surface area (Å²) in [4.78, 5) is 20.7. The normalized spacial score (nSPS) is 12.2. The molecular weight excluding hydrogens is 416 g/mol. The number of fused-ring (bicyclic) bond motifs is 1. The van der Waals surface area contributed by atoms with Gasteiger partial charge in [0.05, 0.1) is 29.6 Å². The summed E-state index contributed by atoms with van der Waals surface area (Å²) in [5.74, 6) is 0.201. The number of sulfonamides is 1. The molecule has 2 aromatic heterocycles. The maximum Gasteiger partial charge on any atom is 0.321 e. The SMILES string of the molecule is [2H]c1cc(Cc2nccc3nc(C)n(C)c23)ccc1S(=O)(=O)N(CC=C)CC(=O)OCC. The van der Waals surface area contributed by atoms with Crippen molar-refractivity contribution in [3.63, 3.8) is 0 Å². The third kappa shape index (κ3) is 4.83. The van der Waals surface area contributed by atoms with Crippen LogP contribution in [0.25, 0.3) is 11.0 Å². The van der Waals surface area contributed by atoms with Gasteiger partial charge in [0.15, 0.2) is 0 Å². The number of aromatic nitrogens is 3. The van der Waals surface area contributed by atoms with E-state index < -0.39 is 22.5 Å². The Balaban J connectivity index is 1.92. The lowest BCUT2D eigenvalue weighted by atomic mass is 10.1. The number of nitrogens with zero attached hydrogens (tertiary/aromatic N) is 4. The molecule has 0 N–H and O–H groups in total. The van der Waals surface area contributed by atoms with Gasteiger partial charge in [0.2, 0.25) is 10.0 Å². The minimum Gasteiger partial charge on any atom is -0.465 e. The van der Waals surface area contributed by atoms with E-state index in [4.69, 9.17) is 6.11 Å². The lowest BCUT2D eigenvalue weighted by molar-refractivity contribution is -0.143. The third-order valence-electron chi connectivity index (χ3n) is 4.86. The zero-order chi connectivity index (χ0) is 23.5. The number of hydrogen-bond acceptors (Lipinski definition) is 6. The molecule has 0 spiro atoms. The van der Waals surface area contributed by atoms with Crippen molar-refractivity contribution in [2.24, 2.45) is 7.05 Å². The molecule has 0 radical (unpaired) electrons. The largest absolute Gasteiger partial charge is 0.465 e. The molecular formula is C22H26N4O4S. The van der Waals surface area contributed by atoms with Crippen molar-refractivity contribution >= 4 is 27.0 Å². The first kappa shape index (κ1) is 21.2. The first-order chi connectivity index (χ1) is 15.2. The van der Waals surface area contributed by atoms with Crippen molar-refractivity contribution in [1.29, 1.82) is 0 Å². The zero-order valence-corrected chi connectivity index (χ0v) is 18.6. The first-order valence-electron chi connectivity index (χ1n) is 10.3. The van der Waals surface area contributed by atoms with Gasteiger partial charge in [-0.2, -0.15) is 4.31 Å². The van der Waals surface area contributed by atoms with Crippen molar-refractivity contribution in [3.05, 3.63) is 66.2 Å². The van der Waals surface area contributed by atoms with Gasteiger partial charge in [-0.25, -0.2) is 13.4 Å². The number of pyridine rings is 1. The molecule has 3 aromatic rings. The Bertz CT molecular complexity index is 1270. The predicted octanol–water partition coefficient (Wildman–Crippen LogP) is 2.61. The number of rotatable bonds is 9. The highest BCUT2D eigenvalue weighted by Crippen LogP contribution is 2.22. The van der Waals surface area contributed by atoms with Crippen LogP contribution in [-0.4, -0.2) is 52.9 Å². The molecule has 0 bridgehead atoms. The molecule has 0 fully saturated rings. The average molecular weight is 444 g/mol. The summed E-state index contributed by atoms with van der Waals surface area (Å²) in [6.07, 6.45) is 3.49. The van der Waals surface area contributed by atoms with E-state index in [0.717, 1.165) is 32.4 Å². The lowest BCUT2D eigenvalue weighted by Gasteiger charge is -2.20. The molecule has 0 aliphatic heterocycles. The predicted molar refractivity (Wildman–Crippen MR) is 118 cm³/mol. The van der Waals surface area contributed by atoms with Gasteiger partial charge in [0, 0.05) is 26.2 Å². The van der Waals surface area contributed by atoms with Crippen LogP contribution in [0.4, 0.5) is 0 Å². The van der Waals surface area contributed by atoms with Crippen LogP contribution in [0.15, 0.2) is 54.1 Å². The molecule has 2 heterocycles. The highest BCUT2D eigenvalue weighted by Gasteiger charge is 2.26. The van der Waals surface area contributed by atoms with Gasteiger partial charge in [-0.3, -0.25) is 9.78 Å². The fraction of sp³-hybridized carbons (Fsp3) is 0.318. The van der Waals surface area contributed by atoms with E-state index in [-0.39, 0.29) is 24.1 Å². The van der Waals surface area contributed by atoms with Gasteiger partial charge < -0.3 is 9.30 Å². The van der Waals surface area contributed by atoms with E-state index in [2.05, 4.69) is 16.5 Å². The topological polar surface area (TPSA) is 94.4 Å². The minimum absolute atomic E-state index is 0.0753. The fourth-order valence-electron chi connectivity index (χ4n) is 3.27. The number of carbonyl (C=O) groups excluding carboxylic acids is 1. The monoisotopic (exact) mass is 443 g/mol. The summed E-state index contributed by atoms with van der Waals surface area (Å²) in [6.45, 7) is 6.74. The van der Waals surface area contributed by atoms with Gasteiger partial charge in [0.25, 0.3) is 0 Å². The van der Waals surface area contributed by atoms with Gasteiger partial charge in [-0.15, -0.1) is 6.58 Å². The number of aryl methyl sites for hydroxylation is 2. The van der Waals surface area contributed by atoms with Gasteiger partial charge in [0.1, 0.15) is 12.4 Å². The number of imidazole rings is 1. The molecule has 0 atom stereocenters. The number of carbonyl (C=O) groups is 1. The highest BCUT2D eigenvalue weighted by atomic mass is 32.2. The highest BCUT2D eigenvalue weighted by molar-refractivity contribution is 7.89. The van der Waals surface area contributed by atoms with E-state index in [1.54, 1.807) is 19.2 Å². The van der Waals surface area contributed by atoms with E-state index in [9.17, 15) is 13.2 Å². The smallest absolute Gasteiger partial charge is 0.321 e. The Morgan fingerprint density at radius 1 is 1.35 bits per heavy atom. The Morgan fingerprint density at radius 2 is 2.13 bits per heavy atom. The zero-order valence-electron chi connectivity index (χ0n) is 18.8. The molecule has 31 heavy (non-hydrogen) atoms. The first-order valence-corrected chi connectivity index (χ1v) is 11.3. The second-order valence-corrected chi connectivity index (χ2v) is 8.88. The maximum atomic E-state index is 13.1. The summed E-state index contributed by atoms with van der Waals surface area (Å²) >= 11 is 0. The van der Waals surface area contributed by atoms with Gasteiger partial charge in [-0.05, 0) is 37.6 Å². The fourth-order valence-corrected chi connectivity index (χ4v) is 4.57. The quantitative estimate of drug-likeness (QED) is 0.373. The lowest BCUT2D eigenvalue weighted by Crippen LogP contribution is -2.36. The second kappa shape index (κ2) is 9.40. The molecule has 0 amide bonds. The number of hydrogen-bond donors (Lipinski definition) is 0. The molecule has 8 nitrogen and oxygen atoms in total. The van der Waals surface area contributed by atoms with Gasteiger partial charge in [-0.1, -0.05) is 18.2 Å². The van der Waals surface area contributed by atoms with Crippen molar-refractivity contribution < 1.29 is 19.3 Å². The van der Waals surface area contributed by atoms with Crippen molar-refractivity contribution in [2.75, 3.05) is 19.7 Å². The molecule has 0 aliphatic carbocycles. The van der Waals surface area contributed by atoms with Gasteiger partial charge >= 0.3 is 5.97 Å². The Labute approximate surface area is 183 Å². The Morgan fingerprint density at radius 3 is 2.81 bits per heavy atom. The molecule has 0 aliphatic rings. The number of benzene rings is 1. The van der Waals surface area contributed by atoms with Crippen LogP contribution in [-0.2, 0) is 33.0 Å². The Hall–Kier alpha value is -3.04. The molecule has 0 saturated heterocycles. The number of esters is 1.